The molecule has 0 saturated carbocycles. The van der Waals surface area contributed by atoms with Gasteiger partial charge in [0.05, 0.1) is 0 Å². The zero-order valence-electron chi connectivity index (χ0n) is 6.86. The van der Waals surface area contributed by atoms with E-state index in [4.69, 9.17) is 10.5 Å². The van der Waals surface area contributed by atoms with E-state index in [0.717, 1.165) is 5.56 Å². The van der Waals surface area contributed by atoms with Crippen molar-refractivity contribution >= 4 is 6.09 Å². The number of benzene rings is 1. The second-order valence-corrected chi connectivity index (χ2v) is 2.49. The molecule has 1 amide bonds. The molecular formula is C9H11NO2. The Balaban J connectivity index is 2.65. The molecule has 0 heterocycles. The van der Waals surface area contributed by atoms with Crippen LogP contribution in [0.15, 0.2) is 30.3 Å². The van der Waals surface area contributed by atoms with Gasteiger partial charge in [-0.25, -0.2) is 4.79 Å². The number of ether oxygens (including phenoxy) is 1. The highest BCUT2D eigenvalue weighted by molar-refractivity contribution is 5.64. The average molecular weight is 165 g/mol. The van der Waals surface area contributed by atoms with Crippen molar-refractivity contribution in [1.29, 1.82) is 0 Å². The van der Waals surface area contributed by atoms with Crippen molar-refractivity contribution in [1.82, 2.24) is 0 Å². The third kappa shape index (κ3) is 2.27. The van der Waals surface area contributed by atoms with Crippen LogP contribution in [0, 0.1) is 0 Å². The molecule has 2 N–H and O–H groups in total. The minimum absolute atomic E-state index is 0.274. The molecule has 0 bridgehead atoms. The summed E-state index contributed by atoms with van der Waals surface area (Å²) in [6, 6.07) is 9.44. The highest BCUT2D eigenvalue weighted by atomic mass is 16.6. The molecule has 12 heavy (non-hydrogen) atoms. The summed E-state index contributed by atoms with van der Waals surface area (Å²) in [7, 11) is 0. The van der Waals surface area contributed by atoms with Gasteiger partial charge in [0, 0.05) is 0 Å². The maximum Gasteiger partial charge on any atom is 0.405 e. The van der Waals surface area contributed by atoms with Gasteiger partial charge in [-0.1, -0.05) is 30.3 Å². The van der Waals surface area contributed by atoms with Crippen molar-refractivity contribution in [2.75, 3.05) is 0 Å². The van der Waals surface area contributed by atoms with Gasteiger partial charge in [0.15, 0.2) is 0 Å². The summed E-state index contributed by atoms with van der Waals surface area (Å²) in [5.41, 5.74) is 5.81. The fourth-order valence-corrected chi connectivity index (χ4v) is 0.966. The largest absolute Gasteiger partial charge is 0.442 e. The van der Waals surface area contributed by atoms with Crippen LogP contribution in [0.2, 0.25) is 0 Å². The Hall–Kier alpha value is -1.51. The van der Waals surface area contributed by atoms with E-state index in [1.165, 1.54) is 0 Å². The molecule has 1 aromatic carbocycles. The van der Waals surface area contributed by atoms with Gasteiger partial charge in [0.1, 0.15) is 6.10 Å². The molecule has 1 aromatic rings. The molecule has 3 heteroatoms. The van der Waals surface area contributed by atoms with Crippen LogP contribution >= 0.6 is 0 Å². The van der Waals surface area contributed by atoms with E-state index in [0.29, 0.717) is 0 Å². The summed E-state index contributed by atoms with van der Waals surface area (Å²) in [5, 5.41) is 0. The maximum atomic E-state index is 10.4. The molecule has 0 aliphatic carbocycles. The molecule has 1 atom stereocenters. The van der Waals surface area contributed by atoms with Crippen LogP contribution in [0.4, 0.5) is 4.79 Å². The number of amides is 1. The van der Waals surface area contributed by atoms with Crippen LogP contribution in [0.25, 0.3) is 0 Å². The van der Waals surface area contributed by atoms with Crippen molar-refractivity contribution < 1.29 is 9.53 Å². The summed E-state index contributed by atoms with van der Waals surface area (Å²) in [6.07, 6.45) is -1.02. The summed E-state index contributed by atoms with van der Waals surface area (Å²) in [4.78, 5) is 10.4. The van der Waals surface area contributed by atoms with Gasteiger partial charge in [-0.15, -0.1) is 0 Å². The molecule has 0 aliphatic heterocycles. The third-order valence-electron chi connectivity index (χ3n) is 1.56. The van der Waals surface area contributed by atoms with Gasteiger partial charge in [-0.2, -0.15) is 0 Å². The maximum absolute atomic E-state index is 10.4. The van der Waals surface area contributed by atoms with Gasteiger partial charge >= 0.3 is 6.09 Å². The van der Waals surface area contributed by atoms with E-state index in [2.05, 4.69) is 0 Å². The lowest BCUT2D eigenvalue weighted by molar-refractivity contribution is 0.116. The zero-order valence-corrected chi connectivity index (χ0v) is 6.86. The molecule has 0 saturated heterocycles. The van der Waals surface area contributed by atoms with Gasteiger partial charge in [0.2, 0.25) is 0 Å². The number of hydrogen-bond acceptors (Lipinski definition) is 2. The van der Waals surface area contributed by atoms with E-state index in [9.17, 15) is 4.79 Å². The van der Waals surface area contributed by atoms with Crippen LogP contribution < -0.4 is 5.73 Å². The average Bonchev–Trinajstić information content (AvgIpc) is 2.05. The lowest BCUT2D eigenvalue weighted by atomic mass is 10.1. The first-order valence-corrected chi connectivity index (χ1v) is 3.71. The lowest BCUT2D eigenvalue weighted by Crippen LogP contribution is -2.15. The van der Waals surface area contributed by atoms with Crippen LogP contribution in [0.5, 0.6) is 0 Å². The number of carbonyl (C=O) groups excluding carboxylic acids is 1. The van der Waals surface area contributed by atoms with Gasteiger partial charge in [-0.05, 0) is 12.5 Å². The Morgan fingerprint density at radius 2 is 2.00 bits per heavy atom. The Bertz CT molecular complexity index is 258. The number of carbonyl (C=O) groups is 1. The van der Waals surface area contributed by atoms with Crippen LogP contribution in [0.1, 0.15) is 18.6 Å². The molecular weight excluding hydrogens is 154 g/mol. The lowest BCUT2D eigenvalue weighted by Gasteiger charge is -2.10. The molecule has 0 aromatic heterocycles. The van der Waals surface area contributed by atoms with E-state index in [1.807, 2.05) is 30.3 Å². The Morgan fingerprint density at radius 1 is 1.42 bits per heavy atom. The van der Waals surface area contributed by atoms with Gasteiger partial charge in [0.25, 0.3) is 0 Å². The van der Waals surface area contributed by atoms with E-state index in [-0.39, 0.29) is 6.10 Å². The number of primary amides is 1. The van der Waals surface area contributed by atoms with Crippen LogP contribution in [-0.4, -0.2) is 6.09 Å². The molecule has 0 aliphatic rings. The first-order chi connectivity index (χ1) is 5.70. The fourth-order valence-electron chi connectivity index (χ4n) is 0.966. The fraction of sp³-hybridized carbons (Fsp3) is 0.222. The third-order valence-corrected chi connectivity index (χ3v) is 1.56. The first kappa shape index (κ1) is 8.59. The van der Waals surface area contributed by atoms with E-state index >= 15 is 0 Å². The molecule has 0 unspecified atom stereocenters. The molecule has 0 spiro atoms. The van der Waals surface area contributed by atoms with E-state index in [1.54, 1.807) is 6.92 Å². The van der Waals surface area contributed by atoms with E-state index < -0.39 is 6.09 Å². The van der Waals surface area contributed by atoms with Crippen molar-refractivity contribution in [3.05, 3.63) is 35.9 Å². The molecule has 0 radical (unpaired) electrons. The first-order valence-electron chi connectivity index (χ1n) is 3.71. The number of rotatable bonds is 2. The topological polar surface area (TPSA) is 52.3 Å². The highest BCUT2D eigenvalue weighted by Gasteiger charge is 2.06. The quantitative estimate of drug-likeness (QED) is 0.726. The molecule has 1 rings (SSSR count). The predicted molar refractivity (Wildman–Crippen MR) is 45.5 cm³/mol. The second-order valence-electron chi connectivity index (χ2n) is 2.49. The Kier molecular flexibility index (Phi) is 2.69. The minimum atomic E-state index is -0.744. The van der Waals surface area contributed by atoms with Crippen molar-refractivity contribution in [3.8, 4) is 0 Å². The molecule has 64 valence electrons. The SMILES string of the molecule is C[C@@H](OC(N)=O)c1ccccc1. The zero-order chi connectivity index (χ0) is 8.97. The second kappa shape index (κ2) is 3.76. The predicted octanol–water partition coefficient (Wildman–Crippen LogP) is 1.84. The highest BCUT2D eigenvalue weighted by Crippen LogP contribution is 2.14. The Morgan fingerprint density at radius 3 is 2.50 bits per heavy atom. The molecule has 3 nitrogen and oxygen atoms in total. The van der Waals surface area contributed by atoms with Crippen molar-refractivity contribution in [2.24, 2.45) is 5.73 Å². The summed E-state index contributed by atoms with van der Waals surface area (Å²) in [6.45, 7) is 1.78. The van der Waals surface area contributed by atoms with Crippen molar-refractivity contribution in [3.63, 3.8) is 0 Å². The van der Waals surface area contributed by atoms with Gasteiger partial charge in [-0.3, -0.25) is 0 Å². The van der Waals surface area contributed by atoms with Gasteiger partial charge < -0.3 is 10.5 Å². The number of hydrogen-bond donors (Lipinski definition) is 1. The Labute approximate surface area is 71.1 Å². The standard InChI is InChI=1S/C9H11NO2/c1-7(12-9(10)11)8-5-3-2-4-6-8/h2-7H,1H3,(H2,10,11)/t7-/m1/s1. The molecule has 0 fully saturated rings. The summed E-state index contributed by atoms with van der Waals surface area (Å²) in [5.74, 6) is 0. The van der Waals surface area contributed by atoms with Crippen LogP contribution in [0.3, 0.4) is 0 Å². The monoisotopic (exact) mass is 165 g/mol. The normalized spacial score (nSPS) is 12.1. The summed E-state index contributed by atoms with van der Waals surface area (Å²) < 4.78 is 4.78. The number of nitrogens with two attached hydrogens (primary N) is 1. The minimum Gasteiger partial charge on any atom is -0.442 e. The summed E-state index contributed by atoms with van der Waals surface area (Å²) >= 11 is 0. The van der Waals surface area contributed by atoms with Crippen molar-refractivity contribution in [2.45, 2.75) is 13.0 Å². The van der Waals surface area contributed by atoms with Crippen LogP contribution in [-0.2, 0) is 4.74 Å². The smallest absolute Gasteiger partial charge is 0.405 e.